The number of ether oxygens (including phenoxy) is 1. The van der Waals surface area contributed by atoms with E-state index in [2.05, 4.69) is 10.3 Å². The molecule has 1 fully saturated rings. The van der Waals surface area contributed by atoms with Crippen LogP contribution in [0, 0.1) is 6.92 Å². The van der Waals surface area contributed by atoms with E-state index in [0.29, 0.717) is 26.7 Å². The van der Waals surface area contributed by atoms with Gasteiger partial charge in [-0.25, -0.2) is 0 Å². The number of halogens is 2. The molecule has 194 valence electrons. The zero-order valence-electron chi connectivity index (χ0n) is 20.8. The molecule has 3 aromatic carbocycles. The Morgan fingerprint density at radius 1 is 0.872 bits per heavy atom. The Bertz CT molecular complexity index is 1620. The van der Waals surface area contributed by atoms with Crippen LogP contribution in [0.25, 0.3) is 11.3 Å². The number of nitrogens with zero attached hydrogens (tertiary/aromatic N) is 2. The zero-order valence-corrected chi connectivity index (χ0v) is 23.2. The fourth-order valence-electron chi connectivity index (χ4n) is 4.69. The Labute approximate surface area is 242 Å². The lowest BCUT2D eigenvalue weighted by Crippen LogP contribution is -2.29. The number of nitrogens with one attached hydrogen (secondary N) is 1. The lowest BCUT2D eigenvalue weighted by molar-refractivity contribution is 0.439. The van der Waals surface area contributed by atoms with Crippen LogP contribution >= 0.6 is 35.4 Å². The highest BCUT2D eigenvalue weighted by atomic mass is 35.5. The predicted molar refractivity (Wildman–Crippen MR) is 160 cm³/mol. The second-order valence-electron chi connectivity index (χ2n) is 9.21. The standard InChI is InChI=1S/C31H23Cl2N3O2S/c1-19-8-12-21(13-9-19)37-22-14-10-20(11-15-22)36-30(29(35-31(36)39)25-7-2-3-18-34-25)27-17-16-26(38-27)23-5-4-6-24(32)28(23)33/h2-18,29-30H,1H3,(H,35,39)/t29-,30+/m0/s1. The first-order valence-electron chi connectivity index (χ1n) is 12.4. The average molecular weight is 573 g/mol. The minimum Gasteiger partial charge on any atom is -0.459 e. The summed E-state index contributed by atoms with van der Waals surface area (Å²) in [6.45, 7) is 2.05. The first kappa shape index (κ1) is 25.4. The molecular formula is C31H23Cl2N3O2S. The van der Waals surface area contributed by atoms with E-state index >= 15 is 0 Å². The van der Waals surface area contributed by atoms with Gasteiger partial charge in [-0.1, -0.05) is 53.0 Å². The molecule has 1 aliphatic rings. The summed E-state index contributed by atoms with van der Waals surface area (Å²) >= 11 is 18.6. The number of pyridine rings is 1. The molecule has 8 heteroatoms. The Kier molecular flexibility index (Phi) is 7.00. The molecule has 0 radical (unpaired) electrons. The topological polar surface area (TPSA) is 50.5 Å². The molecule has 0 saturated carbocycles. The molecule has 1 saturated heterocycles. The van der Waals surface area contributed by atoms with Gasteiger partial charge in [0.1, 0.15) is 29.1 Å². The molecule has 0 amide bonds. The van der Waals surface area contributed by atoms with Crippen LogP contribution in [-0.4, -0.2) is 10.1 Å². The van der Waals surface area contributed by atoms with Gasteiger partial charge in [0.25, 0.3) is 0 Å². The Balaban J connectivity index is 1.36. The van der Waals surface area contributed by atoms with Crippen molar-refractivity contribution in [2.75, 3.05) is 4.90 Å². The third kappa shape index (κ3) is 5.11. The summed E-state index contributed by atoms with van der Waals surface area (Å²) in [6.07, 6.45) is 1.77. The molecule has 5 nitrogen and oxygen atoms in total. The van der Waals surface area contributed by atoms with E-state index in [1.807, 2.05) is 103 Å². The van der Waals surface area contributed by atoms with Gasteiger partial charge >= 0.3 is 0 Å². The molecule has 0 spiro atoms. The van der Waals surface area contributed by atoms with Gasteiger partial charge in [0, 0.05) is 17.4 Å². The number of furan rings is 1. The summed E-state index contributed by atoms with van der Waals surface area (Å²) in [7, 11) is 0. The van der Waals surface area contributed by atoms with Gasteiger partial charge in [-0.3, -0.25) is 4.98 Å². The molecule has 39 heavy (non-hydrogen) atoms. The van der Waals surface area contributed by atoms with Gasteiger partial charge in [0.05, 0.1) is 21.8 Å². The second kappa shape index (κ2) is 10.7. The van der Waals surface area contributed by atoms with Crippen molar-refractivity contribution >= 4 is 46.2 Å². The van der Waals surface area contributed by atoms with Crippen LogP contribution in [0.2, 0.25) is 10.0 Å². The maximum Gasteiger partial charge on any atom is 0.174 e. The van der Waals surface area contributed by atoms with E-state index in [1.54, 1.807) is 12.3 Å². The van der Waals surface area contributed by atoms with Gasteiger partial charge in [0.2, 0.25) is 0 Å². The van der Waals surface area contributed by atoms with Crippen molar-refractivity contribution < 1.29 is 9.15 Å². The normalized spacial score (nSPS) is 16.8. The van der Waals surface area contributed by atoms with Crippen molar-refractivity contribution in [3.05, 3.63) is 130 Å². The van der Waals surface area contributed by atoms with Crippen molar-refractivity contribution in [1.82, 2.24) is 10.3 Å². The van der Waals surface area contributed by atoms with Crippen LogP contribution in [0.1, 0.15) is 29.1 Å². The van der Waals surface area contributed by atoms with Crippen LogP contribution in [-0.2, 0) is 0 Å². The van der Waals surface area contributed by atoms with E-state index in [0.717, 1.165) is 28.4 Å². The summed E-state index contributed by atoms with van der Waals surface area (Å²) in [5.41, 5.74) is 3.65. The van der Waals surface area contributed by atoms with E-state index in [1.165, 1.54) is 5.56 Å². The predicted octanol–water partition coefficient (Wildman–Crippen LogP) is 8.93. The smallest absolute Gasteiger partial charge is 0.174 e. The molecule has 0 bridgehead atoms. The molecule has 0 unspecified atom stereocenters. The van der Waals surface area contributed by atoms with E-state index in [-0.39, 0.29) is 12.1 Å². The zero-order chi connectivity index (χ0) is 26.9. The SMILES string of the molecule is Cc1ccc(Oc2ccc(N3C(=S)N[C@@H](c4ccccn4)[C@H]3c3ccc(-c4cccc(Cl)c4Cl)o3)cc2)cc1. The minimum absolute atomic E-state index is 0.240. The van der Waals surface area contributed by atoms with Crippen molar-refractivity contribution in [3.63, 3.8) is 0 Å². The fraction of sp³-hybridized carbons (Fsp3) is 0.0968. The van der Waals surface area contributed by atoms with E-state index in [9.17, 15) is 0 Å². The van der Waals surface area contributed by atoms with Gasteiger partial charge in [0.15, 0.2) is 5.11 Å². The molecule has 3 heterocycles. The summed E-state index contributed by atoms with van der Waals surface area (Å²) in [5.74, 6) is 2.85. The minimum atomic E-state index is -0.303. The Morgan fingerprint density at radius 3 is 2.33 bits per heavy atom. The van der Waals surface area contributed by atoms with Gasteiger partial charge in [-0.05, 0) is 91.9 Å². The first-order chi connectivity index (χ1) is 19.0. The van der Waals surface area contributed by atoms with Gasteiger partial charge in [-0.2, -0.15) is 0 Å². The van der Waals surface area contributed by atoms with Gasteiger partial charge < -0.3 is 19.4 Å². The quantitative estimate of drug-likeness (QED) is 0.205. The fourth-order valence-corrected chi connectivity index (χ4v) is 5.43. The van der Waals surface area contributed by atoms with Crippen LogP contribution in [0.4, 0.5) is 5.69 Å². The van der Waals surface area contributed by atoms with Crippen molar-refractivity contribution in [3.8, 4) is 22.8 Å². The summed E-state index contributed by atoms with van der Waals surface area (Å²) in [6, 6.07) is 30.4. The van der Waals surface area contributed by atoms with Gasteiger partial charge in [-0.15, -0.1) is 0 Å². The first-order valence-corrected chi connectivity index (χ1v) is 13.5. The number of hydrogen-bond donors (Lipinski definition) is 1. The monoisotopic (exact) mass is 571 g/mol. The number of hydrogen-bond acceptors (Lipinski definition) is 4. The molecule has 1 aliphatic heterocycles. The Morgan fingerprint density at radius 2 is 1.62 bits per heavy atom. The highest BCUT2D eigenvalue weighted by Gasteiger charge is 2.42. The molecule has 0 aliphatic carbocycles. The summed E-state index contributed by atoms with van der Waals surface area (Å²) in [4.78, 5) is 6.66. The maximum absolute atomic E-state index is 6.49. The molecule has 2 atom stereocenters. The van der Waals surface area contributed by atoms with Crippen molar-refractivity contribution in [2.24, 2.45) is 0 Å². The highest BCUT2D eigenvalue weighted by Crippen LogP contribution is 2.44. The number of aryl methyl sites for hydroxylation is 1. The lowest BCUT2D eigenvalue weighted by Gasteiger charge is -2.26. The van der Waals surface area contributed by atoms with Crippen LogP contribution in [0.5, 0.6) is 11.5 Å². The molecule has 1 N–H and O–H groups in total. The number of aromatic nitrogens is 1. The molecular weight excluding hydrogens is 549 g/mol. The third-order valence-electron chi connectivity index (χ3n) is 6.61. The number of thiocarbonyl (C=S) groups is 1. The summed E-state index contributed by atoms with van der Waals surface area (Å²) in [5, 5.41) is 4.94. The lowest BCUT2D eigenvalue weighted by atomic mass is 10.0. The van der Waals surface area contributed by atoms with E-state index < -0.39 is 0 Å². The van der Waals surface area contributed by atoms with Crippen LogP contribution < -0.4 is 15.0 Å². The molecule has 2 aromatic heterocycles. The summed E-state index contributed by atoms with van der Waals surface area (Å²) < 4.78 is 12.5. The third-order valence-corrected chi connectivity index (χ3v) is 7.74. The molecule has 6 rings (SSSR count). The molecule has 5 aromatic rings. The average Bonchev–Trinajstić information content (AvgIpc) is 3.57. The maximum atomic E-state index is 6.49. The second-order valence-corrected chi connectivity index (χ2v) is 10.4. The number of benzene rings is 3. The van der Waals surface area contributed by atoms with Crippen molar-refractivity contribution in [1.29, 1.82) is 0 Å². The van der Waals surface area contributed by atoms with Crippen LogP contribution in [0.15, 0.2) is 108 Å². The highest BCUT2D eigenvalue weighted by molar-refractivity contribution is 7.80. The largest absolute Gasteiger partial charge is 0.459 e. The van der Waals surface area contributed by atoms with E-state index in [4.69, 9.17) is 44.6 Å². The number of rotatable bonds is 6. The Hall–Kier alpha value is -3.84. The van der Waals surface area contributed by atoms with Crippen LogP contribution in [0.3, 0.4) is 0 Å². The number of anilines is 1. The van der Waals surface area contributed by atoms with Crippen molar-refractivity contribution in [2.45, 2.75) is 19.0 Å².